The summed E-state index contributed by atoms with van der Waals surface area (Å²) in [6, 6.07) is 25.3. The van der Waals surface area contributed by atoms with E-state index < -0.39 is 0 Å². The van der Waals surface area contributed by atoms with Gasteiger partial charge in [-0.2, -0.15) is 0 Å². The quantitative estimate of drug-likeness (QED) is 0.490. The molecule has 1 saturated carbocycles. The van der Waals surface area contributed by atoms with Gasteiger partial charge < -0.3 is 4.74 Å². The third-order valence-corrected chi connectivity index (χ3v) is 6.48. The molecule has 3 aromatic carbocycles. The second-order valence-corrected chi connectivity index (χ2v) is 8.60. The molecule has 31 heavy (non-hydrogen) atoms. The summed E-state index contributed by atoms with van der Waals surface area (Å²) in [6.45, 7) is 2.16. The normalized spacial score (nSPS) is 23.0. The monoisotopic (exact) mass is 411 g/mol. The Morgan fingerprint density at radius 2 is 1.45 bits per heavy atom. The van der Waals surface area contributed by atoms with E-state index in [1.54, 1.807) is 12.1 Å². The largest absolute Gasteiger partial charge is 0.457 e. The van der Waals surface area contributed by atoms with E-state index in [4.69, 9.17) is 4.74 Å². The van der Waals surface area contributed by atoms with Crippen molar-refractivity contribution in [2.24, 2.45) is 17.8 Å². The van der Waals surface area contributed by atoms with Crippen molar-refractivity contribution < 1.29 is 14.3 Å². The van der Waals surface area contributed by atoms with Gasteiger partial charge in [-0.25, -0.2) is 0 Å². The SMILES string of the molecule is C[C@@H]1CC[C@@H]2C(=O)N(c3ccc(Oc4ccccc4-c4ccccc4)cc3)C(=O)[C@H]2C1. The highest BCUT2D eigenvalue weighted by molar-refractivity contribution is 6.22. The molecule has 1 saturated heterocycles. The minimum Gasteiger partial charge on any atom is -0.457 e. The molecular formula is C27H25NO3. The Morgan fingerprint density at radius 1 is 0.774 bits per heavy atom. The first-order chi connectivity index (χ1) is 15.1. The number of hydrogen-bond acceptors (Lipinski definition) is 3. The van der Waals surface area contributed by atoms with Crippen LogP contribution in [-0.2, 0) is 9.59 Å². The summed E-state index contributed by atoms with van der Waals surface area (Å²) in [5.74, 6) is 1.50. The highest BCUT2D eigenvalue weighted by Crippen LogP contribution is 2.42. The van der Waals surface area contributed by atoms with E-state index in [-0.39, 0.29) is 23.7 Å². The second kappa shape index (κ2) is 8.03. The minimum atomic E-state index is -0.162. The predicted octanol–water partition coefficient (Wildman–Crippen LogP) is 6.07. The number of anilines is 1. The minimum absolute atomic E-state index is 0.0509. The van der Waals surface area contributed by atoms with Gasteiger partial charge >= 0.3 is 0 Å². The molecule has 3 aromatic rings. The van der Waals surface area contributed by atoms with Crippen LogP contribution in [0.1, 0.15) is 26.2 Å². The maximum absolute atomic E-state index is 12.9. The summed E-state index contributed by atoms with van der Waals surface area (Å²) in [4.78, 5) is 27.2. The number of carbonyl (C=O) groups is 2. The zero-order valence-corrected chi connectivity index (χ0v) is 17.5. The second-order valence-electron chi connectivity index (χ2n) is 8.60. The molecule has 0 spiro atoms. The van der Waals surface area contributed by atoms with Crippen molar-refractivity contribution in [3.63, 3.8) is 0 Å². The third kappa shape index (κ3) is 3.63. The van der Waals surface area contributed by atoms with E-state index in [2.05, 4.69) is 19.1 Å². The molecule has 1 aliphatic heterocycles. The topological polar surface area (TPSA) is 46.6 Å². The fourth-order valence-corrected chi connectivity index (χ4v) is 4.85. The van der Waals surface area contributed by atoms with E-state index in [0.717, 1.165) is 36.1 Å². The van der Waals surface area contributed by atoms with Gasteiger partial charge in [0.15, 0.2) is 0 Å². The van der Waals surface area contributed by atoms with Crippen LogP contribution in [0.2, 0.25) is 0 Å². The Bertz CT molecular complexity index is 1110. The molecule has 3 atom stereocenters. The zero-order chi connectivity index (χ0) is 21.4. The van der Waals surface area contributed by atoms with Crippen LogP contribution < -0.4 is 9.64 Å². The summed E-state index contributed by atoms with van der Waals surface area (Å²) >= 11 is 0. The van der Waals surface area contributed by atoms with Crippen LogP contribution in [0, 0.1) is 17.8 Å². The van der Waals surface area contributed by atoms with Crippen LogP contribution in [0.4, 0.5) is 5.69 Å². The van der Waals surface area contributed by atoms with E-state index in [1.807, 2.05) is 54.6 Å². The molecule has 0 bridgehead atoms. The zero-order valence-electron chi connectivity index (χ0n) is 17.5. The van der Waals surface area contributed by atoms with Crippen molar-refractivity contribution in [2.45, 2.75) is 26.2 Å². The van der Waals surface area contributed by atoms with E-state index in [0.29, 0.717) is 17.4 Å². The molecule has 5 rings (SSSR count). The smallest absolute Gasteiger partial charge is 0.237 e. The number of carbonyl (C=O) groups excluding carboxylic acids is 2. The first-order valence-electron chi connectivity index (χ1n) is 10.9. The lowest BCUT2D eigenvalue weighted by molar-refractivity contribution is -0.122. The highest BCUT2D eigenvalue weighted by atomic mass is 16.5. The number of fused-ring (bicyclic) bond motifs is 1. The lowest BCUT2D eigenvalue weighted by atomic mass is 9.76. The number of amides is 2. The van der Waals surface area contributed by atoms with E-state index in [9.17, 15) is 9.59 Å². The average Bonchev–Trinajstić information content (AvgIpc) is 3.05. The molecule has 1 heterocycles. The summed E-state index contributed by atoms with van der Waals surface area (Å²) in [6.07, 6.45) is 2.63. The molecule has 1 aliphatic carbocycles. The van der Waals surface area contributed by atoms with Crippen molar-refractivity contribution in [3.05, 3.63) is 78.9 Å². The van der Waals surface area contributed by atoms with Crippen molar-refractivity contribution in [2.75, 3.05) is 4.90 Å². The van der Waals surface area contributed by atoms with E-state index in [1.165, 1.54) is 4.90 Å². The number of hydrogen-bond donors (Lipinski definition) is 0. The number of ether oxygens (including phenoxy) is 1. The van der Waals surface area contributed by atoms with Gasteiger partial charge in [0.05, 0.1) is 17.5 Å². The number of para-hydroxylation sites is 1. The van der Waals surface area contributed by atoms with Crippen LogP contribution in [0.3, 0.4) is 0 Å². The Kier molecular flexibility index (Phi) is 5.06. The fraction of sp³-hybridized carbons (Fsp3) is 0.259. The van der Waals surface area contributed by atoms with Crippen LogP contribution in [-0.4, -0.2) is 11.8 Å². The van der Waals surface area contributed by atoms with Crippen molar-refractivity contribution in [1.82, 2.24) is 0 Å². The van der Waals surface area contributed by atoms with Crippen LogP contribution in [0.25, 0.3) is 11.1 Å². The predicted molar refractivity (Wildman–Crippen MR) is 121 cm³/mol. The fourth-order valence-electron chi connectivity index (χ4n) is 4.85. The van der Waals surface area contributed by atoms with Gasteiger partial charge in [-0.1, -0.05) is 55.5 Å². The number of imide groups is 1. The molecule has 4 nitrogen and oxygen atoms in total. The Balaban J connectivity index is 1.37. The number of nitrogens with zero attached hydrogens (tertiary/aromatic N) is 1. The maximum Gasteiger partial charge on any atom is 0.237 e. The highest BCUT2D eigenvalue weighted by Gasteiger charge is 2.49. The van der Waals surface area contributed by atoms with Gasteiger partial charge in [-0.15, -0.1) is 0 Å². The van der Waals surface area contributed by atoms with Crippen molar-refractivity contribution in [3.8, 4) is 22.6 Å². The number of benzene rings is 3. The molecule has 156 valence electrons. The van der Waals surface area contributed by atoms with Gasteiger partial charge in [-0.05, 0) is 61.1 Å². The molecule has 2 fully saturated rings. The van der Waals surface area contributed by atoms with Crippen LogP contribution in [0.15, 0.2) is 78.9 Å². The molecule has 4 heteroatoms. The van der Waals surface area contributed by atoms with E-state index >= 15 is 0 Å². The molecule has 0 N–H and O–H groups in total. The van der Waals surface area contributed by atoms with Crippen LogP contribution >= 0.6 is 0 Å². The molecule has 0 unspecified atom stereocenters. The third-order valence-electron chi connectivity index (χ3n) is 6.48. The standard InChI is InChI=1S/C27H25NO3/c1-18-11-16-23-24(17-18)27(30)28(26(23)29)20-12-14-21(15-13-20)31-25-10-6-5-9-22(25)19-7-3-2-4-8-19/h2-10,12-15,18,23-24H,11,16-17H2,1H3/t18-,23+,24+/m1/s1. The molecule has 0 aromatic heterocycles. The number of rotatable bonds is 4. The summed E-state index contributed by atoms with van der Waals surface area (Å²) < 4.78 is 6.16. The molecule has 2 amide bonds. The first kappa shape index (κ1) is 19.6. The lowest BCUT2D eigenvalue weighted by Crippen LogP contribution is -2.30. The Morgan fingerprint density at radius 3 is 2.23 bits per heavy atom. The molecule has 0 radical (unpaired) electrons. The van der Waals surface area contributed by atoms with Gasteiger partial charge in [-0.3, -0.25) is 14.5 Å². The van der Waals surface area contributed by atoms with Crippen molar-refractivity contribution >= 4 is 17.5 Å². The van der Waals surface area contributed by atoms with Crippen molar-refractivity contribution in [1.29, 1.82) is 0 Å². The molecule has 2 aliphatic rings. The Labute approximate surface area is 182 Å². The Hall–Kier alpha value is -3.40. The van der Waals surface area contributed by atoms with Gasteiger partial charge in [0, 0.05) is 5.56 Å². The average molecular weight is 412 g/mol. The summed E-state index contributed by atoms with van der Waals surface area (Å²) in [7, 11) is 0. The summed E-state index contributed by atoms with van der Waals surface area (Å²) in [5, 5.41) is 0. The van der Waals surface area contributed by atoms with Crippen LogP contribution in [0.5, 0.6) is 11.5 Å². The van der Waals surface area contributed by atoms with Gasteiger partial charge in [0.1, 0.15) is 11.5 Å². The molecular weight excluding hydrogens is 386 g/mol. The first-order valence-corrected chi connectivity index (χ1v) is 10.9. The summed E-state index contributed by atoms with van der Waals surface area (Å²) in [5.41, 5.74) is 2.72. The van der Waals surface area contributed by atoms with Gasteiger partial charge in [0.25, 0.3) is 0 Å². The lowest BCUT2D eigenvalue weighted by Gasteiger charge is -2.25. The maximum atomic E-state index is 12.9. The van der Waals surface area contributed by atoms with Gasteiger partial charge in [0.2, 0.25) is 11.8 Å².